The van der Waals surface area contributed by atoms with Gasteiger partial charge < -0.3 is 14.8 Å². The first-order valence-corrected chi connectivity index (χ1v) is 15.1. The summed E-state index contributed by atoms with van der Waals surface area (Å²) in [5, 5.41) is 6.73. The third kappa shape index (κ3) is 8.23. The van der Waals surface area contributed by atoms with Crippen LogP contribution < -0.4 is 24.5 Å². The molecule has 11 heteroatoms. The van der Waals surface area contributed by atoms with E-state index < -0.39 is 22.5 Å². The maximum atomic E-state index is 13.6. The maximum absolute atomic E-state index is 13.6. The van der Waals surface area contributed by atoms with Gasteiger partial charge in [-0.25, -0.2) is 13.8 Å². The topological polar surface area (TPSA) is 126 Å². The quantitative estimate of drug-likeness (QED) is 0.171. The lowest BCUT2D eigenvalue weighted by Crippen LogP contribution is -2.39. The summed E-state index contributed by atoms with van der Waals surface area (Å²) in [6.45, 7) is 5.00. The number of rotatable bonds is 12. The van der Waals surface area contributed by atoms with Gasteiger partial charge in [-0.05, 0) is 98.1 Å². The lowest BCUT2D eigenvalue weighted by Gasteiger charge is -2.24. The number of aryl methyl sites for hydroxylation is 3. The van der Waals surface area contributed by atoms with E-state index in [1.165, 1.54) is 25.5 Å². The van der Waals surface area contributed by atoms with Crippen LogP contribution in [0, 0.1) is 20.8 Å². The molecule has 0 bridgehead atoms. The molecule has 0 saturated carbocycles. The molecule has 0 radical (unpaired) electrons. The van der Waals surface area contributed by atoms with Crippen LogP contribution in [0.4, 0.5) is 11.4 Å². The summed E-state index contributed by atoms with van der Waals surface area (Å²) in [5.74, 6) is 0.0485. The molecule has 0 heterocycles. The molecule has 0 aliphatic carbocycles. The van der Waals surface area contributed by atoms with Crippen molar-refractivity contribution in [3.8, 4) is 11.5 Å². The van der Waals surface area contributed by atoms with Crippen LogP contribution in [0.15, 0.2) is 101 Å². The van der Waals surface area contributed by atoms with E-state index in [-0.39, 0.29) is 17.4 Å². The van der Waals surface area contributed by atoms with E-state index in [1.807, 2.05) is 26.8 Å². The van der Waals surface area contributed by atoms with Gasteiger partial charge in [-0.3, -0.25) is 13.9 Å². The zero-order valence-corrected chi connectivity index (χ0v) is 25.7. The highest BCUT2D eigenvalue weighted by atomic mass is 32.2. The normalized spacial score (nSPS) is 11.2. The van der Waals surface area contributed by atoms with Gasteiger partial charge in [0.2, 0.25) is 0 Å². The number of anilines is 2. The molecule has 10 nitrogen and oxygen atoms in total. The van der Waals surface area contributed by atoms with E-state index >= 15 is 0 Å². The Labute approximate surface area is 257 Å². The van der Waals surface area contributed by atoms with Crippen molar-refractivity contribution in [1.82, 2.24) is 5.43 Å². The number of ether oxygens (including phenoxy) is 2. The Kier molecular flexibility index (Phi) is 10.4. The highest BCUT2D eigenvalue weighted by molar-refractivity contribution is 7.92. The summed E-state index contributed by atoms with van der Waals surface area (Å²) in [5.41, 5.74) is 6.79. The van der Waals surface area contributed by atoms with Crippen LogP contribution in [0.3, 0.4) is 0 Å². The Morgan fingerprint density at radius 1 is 0.864 bits per heavy atom. The van der Waals surface area contributed by atoms with Crippen molar-refractivity contribution in [3.05, 3.63) is 113 Å². The Balaban J connectivity index is 1.37. The van der Waals surface area contributed by atoms with Crippen LogP contribution in [-0.2, 0) is 19.6 Å². The van der Waals surface area contributed by atoms with E-state index in [9.17, 15) is 18.0 Å². The highest BCUT2D eigenvalue weighted by Gasteiger charge is 2.27. The SMILES string of the molecule is COc1ccccc1NC(=O)COc1ccc(/C=N\NC(=O)CN(c2ccc(C)c(C)c2)S(=O)(=O)c2ccc(C)cc2)cc1. The number of hydrogen-bond acceptors (Lipinski definition) is 7. The number of sulfonamides is 1. The fraction of sp³-hybridized carbons (Fsp3) is 0.182. The van der Waals surface area contributed by atoms with Crippen molar-refractivity contribution in [1.29, 1.82) is 0 Å². The van der Waals surface area contributed by atoms with Gasteiger partial charge in [0, 0.05) is 0 Å². The van der Waals surface area contributed by atoms with Gasteiger partial charge in [0.15, 0.2) is 6.61 Å². The molecule has 44 heavy (non-hydrogen) atoms. The molecule has 0 fully saturated rings. The monoisotopic (exact) mass is 614 g/mol. The van der Waals surface area contributed by atoms with Gasteiger partial charge >= 0.3 is 0 Å². The fourth-order valence-electron chi connectivity index (χ4n) is 4.11. The molecular formula is C33H34N4O6S. The van der Waals surface area contributed by atoms with Crippen LogP contribution >= 0.6 is 0 Å². The molecule has 0 aliphatic heterocycles. The van der Waals surface area contributed by atoms with Gasteiger partial charge in [0.05, 0.1) is 29.6 Å². The lowest BCUT2D eigenvalue weighted by molar-refractivity contribution is -0.119. The summed E-state index contributed by atoms with van der Waals surface area (Å²) >= 11 is 0. The molecular weight excluding hydrogens is 580 g/mol. The van der Waals surface area contributed by atoms with E-state index in [1.54, 1.807) is 72.8 Å². The molecule has 0 spiro atoms. The van der Waals surface area contributed by atoms with Crippen molar-refractivity contribution in [2.24, 2.45) is 5.10 Å². The molecule has 4 aromatic rings. The van der Waals surface area contributed by atoms with Gasteiger partial charge in [-0.1, -0.05) is 35.9 Å². The average Bonchev–Trinajstić information content (AvgIpc) is 3.01. The Bertz CT molecular complexity index is 1750. The fourth-order valence-corrected chi connectivity index (χ4v) is 5.52. The number of methoxy groups -OCH3 is 1. The molecule has 4 aromatic carbocycles. The van der Waals surface area contributed by atoms with E-state index in [0.29, 0.717) is 28.4 Å². The van der Waals surface area contributed by atoms with Crippen LogP contribution in [-0.4, -0.2) is 46.7 Å². The Hall–Kier alpha value is -5.16. The van der Waals surface area contributed by atoms with Gasteiger partial charge in [0.1, 0.15) is 18.0 Å². The summed E-state index contributed by atoms with van der Waals surface area (Å²) in [6, 6.07) is 25.5. The number of hydrogen-bond donors (Lipinski definition) is 2. The minimum atomic E-state index is -4.04. The number of carbonyl (C=O) groups is 2. The highest BCUT2D eigenvalue weighted by Crippen LogP contribution is 2.26. The predicted octanol–water partition coefficient (Wildman–Crippen LogP) is 4.98. The van der Waals surface area contributed by atoms with Crippen molar-refractivity contribution in [3.63, 3.8) is 0 Å². The van der Waals surface area contributed by atoms with Crippen molar-refractivity contribution < 1.29 is 27.5 Å². The van der Waals surface area contributed by atoms with E-state index in [4.69, 9.17) is 9.47 Å². The Morgan fingerprint density at radius 2 is 1.57 bits per heavy atom. The standard InChI is InChI=1S/C33H34N4O6S/c1-23-9-17-29(18-10-23)44(40,41)37(27-14-11-24(2)25(3)19-27)21-32(38)36-34-20-26-12-15-28(16-13-26)43-22-33(39)35-30-7-5-6-8-31(30)42-4/h5-20H,21-22H2,1-4H3,(H,35,39)(H,36,38)/b34-20-. The largest absolute Gasteiger partial charge is 0.495 e. The van der Waals surface area contributed by atoms with E-state index in [0.717, 1.165) is 21.0 Å². The molecule has 4 rings (SSSR count). The summed E-state index contributed by atoms with van der Waals surface area (Å²) in [6.07, 6.45) is 1.42. The zero-order chi connectivity index (χ0) is 31.7. The molecule has 0 atom stereocenters. The van der Waals surface area contributed by atoms with E-state index in [2.05, 4.69) is 15.8 Å². The number of amides is 2. The predicted molar refractivity (Wildman–Crippen MR) is 171 cm³/mol. The minimum Gasteiger partial charge on any atom is -0.495 e. The summed E-state index contributed by atoms with van der Waals surface area (Å²) < 4.78 is 39.0. The molecule has 0 aromatic heterocycles. The van der Waals surface area contributed by atoms with Crippen LogP contribution in [0.1, 0.15) is 22.3 Å². The maximum Gasteiger partial charge on any atom is 0.264 e. The molecule has 0 aliphatic rings. The average molecular weight is 615 g/mol. The van der Waals surface area contributed by atoms with Crippen LogP contribution in [0.25, 0.3) is 0 Å². The Morgan fingerprint density at radius 3 is 2.25 bits per heavy atom. The number of hydrazone groups is 1. The zero-order valence-electron chi connectivity index (χ0n) is 24.9. The number of nitrogens with one attached hydrogen (secondary N) is 2. The lowest BCUT2D eigenvalue weighted by atomic mass is 10.1. The third-order valence-corrected chi connectivity index (χ3v) is 8.50. The molecule has 0 unspecified atom stereocenters. The summed E-state index contributed by atoms with van der Waals surface area (Å²) in [7, 11) is -2.52. The smallest absolute Gasteiger partial charge is 0.264 e. The van der Waals surface area contributed by atoms with Crippen LogP contribution in [0.5, 0.6) is 11.5 Å². The number of benzene rings is 4. The summed E-state index contributed by atoms with van der Waals surface area (Å²) in [4.78, 5) is 25.2. The van der Waals surface area contributed by atoms with Crippen molar-refractivity contribution in [2.45, 2.75) is 25.7 Å². The number of para-hydroxylation sites is 2. The molecule has 228 valence electrons. The van der Waals surface area contributed by atoms with Crippen molar-refractivity contribution in [2.75, 3.05) is 29.9 Å². The second kappa shape index (κ2) is 14.3. The minimum absolute atomic E-state index is 0.0808. The first kappa shape index (κ1) is 31.8. The van der Waals surface area contributed by atoms with Gasteiger partial charge in [-0.15, -0.1) is 0 Å². The first-order chi connectivity index (χ1) is 21.1. The second-order valence-electron chi connectivity index (χ2n) is 9.99. The molecule has 2 N–H and O–H groups in total. The first-order valence-electron chi connectivity index (χ1n) is 13.7. The van der Waals surface area contributed by atoms with Gasteiger partial charge in [-0.2, -0.15) is 5.10 Å². The number of nitrogens with zero attached hydrogens (tertiary/aromatic N) is 2. The van der Waals surface area contributed by atoms with Gasteiger partial charge in [0.25, 0.3) is 21.8 Å². The van der Waals surface area contributed by atoms with Crippen LogP contribution in [0.2, 0.25) is 0 Å². The number of carbonyl (C=O) groups excluding carboxylic acids is 2. The van der Waals surface area contributed by atoms with Crippen molar-refractivity contribution >= 4 is 39.4 Å². The second-order valence-corrected chi connectivity index (χ2v) is 11.9. The third-order valence-electron chi connectivity index (χ3n) is 6.71. The molecule has 0 saturated heterocycles. The molecule has 2 amide bonds.